The SMILES string of the molecule is NC1CCC(Nc2ncc(F)c(-c3cnc4ccc(NC(=O)c5ccc(F)cc5)cn34)n2)CC1. The van der Waals surface area contributed by atoms with Crippen LogP contribution in [0.5, 0.6) is 0 Å². The van der Waals surface area contributed by atoms with Crippen molar-refractivity contribution in [2.45, 2.75) is 37.8 Å². The summed E-state index contributed by atoms with van der Waals surface area (Å²) in [5.41, 5.74) is 7.83. The molecule has 4 N–H and O–H groups in total. The number of imidazole rings is 1. The number of halogens is 2. The second kappa shape index (κ2) is 9.14. The number of nitrogens with one attached hydrogen (secondary N) is 2. The zero-order valence-corrected chi connectivity index (χ0v) is 18.2. The van der Waals surface area contributed by atoms with Crippen molar-refractivity contribution < 1.29 is 13.6 Å². The topological polar surface area (TPSA) is 110 Å². The molecule has 0 atom stereocenters. The number of carbonyl (C=O) groups is 1. The van der Waals surface area contributed by atoms with E-state index < -0.39 is 17.5 Å². The highest BCUT2D eigenvalue weighted by Crippen LogP contribution is 2.26. The van der Waals surface area contributed by atoms with Gasteiger partial charge in [-0.15, -0.1) is 0 Å². The number of rotatable bonds is 5. The lowest BCUT2D eigenvalue weighted by atomic mass is 9.92. The number of amides is 1. The predicted octanol–water partition coefficient (Wildman–Crippen LogP) is 4.00. The molecular formula is C24H23F2N7O. The number of pyridine rings is 1. The van der Waals surface area contributed by atoms with Gasteiger partial charge in [-0.3, -0.25) is 9.20 Å². The first kappa shape index (κ1) is 21.9. The summed E-state index contributed by atoms with van der Waals surface area (Å²) in [5, 5.41) is 6.04. The van der Waals surface area contributed by atoms with Gasteiger partial charge in [-0.2, -0.15) is 0 Å². The average Bonchev–Trinajstić information content (AvgIpc) is 3.25. The summed E-state index contributed by atoms with van der Waals surface area (Å²) in [5.74, 6) is -1.06. The van der Waals surface area contributed by atoms with Gasteiger partial charge in [0.1, 0.15) is 17.2 Å². The Bertz CT molecular complexity index is 1330. The van der Waals surface area contributed by atoms with Gasteiger partial charge in [0.2, 0.25) is 5.95 Å². The summed E-state index contributed by atoms with van der Waals surface area (Å²) in [6.45, 7) is 0. The van der Waals surface area contributed by atoms with Crippen LogP contribution in [0.1, 0.15) is 36.0 Å². The predicted molar refractivity (Wildman–Crippen MR) is 124 cm³/mol. The number of fused-ring (bicyclic) bond motifs is 1. The molecule has 1 saturated carbocycles. The van der Waals surface area contributed by atoms with E-state index in [-0.39, 0.29) is 17.8 Å². The third-order valence-corrected chi connectivity index (χ3v) is 5.96. The largest absolute Gasteiger partial charge is 0.351 e. The van der Waals surface area contributed by atoms with Crippen LogP contribution in [0.4, 0.5) is 20.4 Å². The molecule has 3 heterocycles. The van der Waals surface area contributed by atoms with Crippen molar-refractivity contribution >= 4 is 23.2 Å². The van der Waals surface area contributed by atoms with Crippen molar-refractivity contribution in [1.29, 1.82) is 0 Å². The van der Waals surface area contributed by atoms with Gasteiger partial charge in [-0.1, -0.05) is 0 Å². The molecule has 34 heavy (non-hydrogen) atoms. The van der Waals surface area contributed by atoms with E-state index >= 15 is 0 Å². The number of aromatic nitrogens is 4. The number of hydrogen-bond donors (Lipinski definition) is 3. The van der Waals surface area contributed by atoms with Crippen LogP contribution in [0.3, 0.4) is 0 Å². The monoisotopic (exact) mass is 463 g/mol. The number of carbonyl (C=O) groups excluding carboxylic acids is 1. The quantitative estimate of drug-likeness (QED) is 0.413. The maximum absolute atomic E-state index is 14.7. The Morgan fingerprint density at radius 1 is 1.00 bits per heavy atom. The van der Waals surface area contributed by atoms with E-state index in [1.54, 1.807) is 22.7 Å². The first-order chi connectivity index (χ1) is 16.5. The second-order valence-corrected chi connectivity index (χ2v) is 8.40. The standard InChI is InChI=1S/C24H23F2N7O/c25-15-3-1-14(2-4-15)23(34)30-18-9-10-21-28-12-20(33(21)13-18)22-19(26)11-29-24(32-22)31-17-7-5-16(27)6-8-17/h1-4,9-13,16-17H,5-8,27H2,(H,30,34)(H,29,31,32). The van der Waals surface area contributed by atoms with E-state index in [2.05, 4.69) is 25.6 Å². The summed E-state index contributed by atoms with van der Waals surface area (Å²) in [6.07, 6.45) is 7.95. The van der Waals surface area contributed by atoms with Crippen molar-refractivity contribution in [1.82, 2.24) is 19.4 Å². The van der Waals surface area contributed by atoms with Gasteiger partial charge in [0.25, 0.3) is 5.91 Å². The maximum atomic E-state index is 14.7. The Balaban J connectivity index is 1.41. The van der Waals surface area contributed by atoms with Crippen LogP contribution in [0.15, 0.2) is 55.0 Å². The molecule has 1 amide bonds. The molecule has 0 aliphatic heterocycles. The molecule has 5 rings (SSSR count). The molecule has 8 nitrogen and oxygen atoms in total. The van der Waals surface area contributed by atoms with Crippen LogP contribution in [0.2, 0.25) is 0 Å². The van der Waals surface area contributed by atoms with Crippen LogP contribution < -0.4 is 16.4 Å². The number of anilines is 2. The second-order valence-electron chi connectivity index (χ2n) is 8.40. The summed E-state index contributed by atoms with van der Waals surface area (Å²) in [4.78, 5) is 25.3. The Hall–Kier alpha value is -3.92. The molecule has 0 spiro atoms. The minimum Gasteiger partial charge on any atom is -0.351 e. The van der Waals surface area contributed by atoms with E-state index in [0.717, 1.165) is 31.9 Å². The molecule has 0 unspecified atom stereocenters. The van der Waals surface area contributed by atoms with Crippen molar-refractivity contribution in [3.63, 3.8) is 0 Å². The van der Waals surface area contributed by atoms with E-state index in [1.165, 1.54) is 30.5 Å². The van der Waals surface area contributed by atoms with Gasteiger partial charge in [0, 0.05) is 23.8 Å². The molecule has 0 radical (unpaired) electrons. The highest BCUT2D eigenvalue weighted by atomic mass is 19.1. The summed E-state index contributed by atoms with van der Waals surface area (Å²) in [7, 11) is 0. The smallest absolute Gasteiger partial charge is 0.255 e. The van der Waals surface area contributed by atoms with Gasteiger partial charge >= 0.3 is 0 Å². The van der Waals surface area contributed by atoms with Gasteiger partial charge in [-0.05, 0) is 62.1 Å². The Morgan fingerprint density at radius 2 is 1.76 bits per heavy atom. The molecule has 0 bridgehead atoms. The van der Waals surface area contributed by atoms with Crippen molar-refractivity contribution in [2.24, 2.45) is 5.73 Å². The van der Waals surface area contributed by atoms with Crippen LogP contribution in [-0.2, 0) is 0 Å². The van der Waals surface area contributed by atoms with Crippen molar-refractivity contribution in [3.8, 4) is 11.4 Å². The Labute approximate surface area is 194 Å². The van der Waals surface area contributed by atoms with Crippen LogP contribution >= 0.6 is 0 Å². The van der Waals surface area contributed by atoms with E-state index in [4.69, 9.17) is 5.73 Å². The van der Waals surface area contributed by atoms with Crippen LogP contribution in [0.25, 0.3) is 17.0 Å². The third-order valence-electron chi connectivity index (χ3n) is 5.96. The minimum absolute atomic E-state index is 0.0968. The van der Waals surface area contributed by atoms with Gasteiger partial charge < -0.3 is 16.4 Å². The highest BCUT2D eigenvalue weighted by molar-refractivity contribution is 6.04. The summed E-state index contributed by atoms with van der Waals surface area (Å²) < 4.78 is 29.5. The lowest BCUT2D eigenvalue weighted by Gasteiger charge is -2.26. The zero-order valence-electron chi connectivity index (χ0n) is 18.2. The Kier molecular flexibility index (Phi) is 5.89. The maximum Gasteiger partial charge on any atom is 0.255 e. The molecule has 1 aliphatic carbocycles. The number of nitrogens with two attached hydrogens (primary N) is 1. The van der Waals surface area contributed by atoms with Gasteiger partial charge in [0.15, 0.2) is 5.82 Å². The molecule has 1 aliphatic rings. The molecule has 1 fully saturated rings. The lowest BCUT2D eigenvalue weighted by molar-refractivity contribution is 0.102. The summed E-state index contributed by atoms with van der Waals surface area (Å²) >= 11 is 0. The Morgan fingerprint density at radius 3 is 2.53 bits per heavy atom. The fourth-order valence-corrected chi connectivity index (χ4v) is 4.10. The highest BCUT2D eigenvalue weighted by Gasteiger charge is 2.21. The van der Waals surface area contributed by atoms with E-state index in [0.29, 0.717) is 28.5 Å². The van der Waals surface area contributed by atoms with E-state index in [1.807, 2.05) is 0 Å². The molecular weight excluding hydrogens is 440 g/mol. The fraction of sp³-hybridized carbons (Fsp3) is 0.250. The lowest BCUT2D eigenvalue weighted by Crippen LogP contribution is -2.33. The van der Waals surface area contributed by atoms with Crippen LogP contribution in [-0.4, -0.2) is 37.3 Å². The number of benzene rings is 1. The molecule has 3 aromatic heterocycles. The fourth-order valence-electron chi connectivity index (χ4n) is 4.10. The van der Waals surface area contributed by atoms with E-state index in [9.17, 15) is 13.6 Å². The summed E-state index contributed by atoms with van der Waals surface area (Å²) in [6, 6.07) is 9.03. The normalized spacial score (nSPS) is 18.1. The minimum atomic E-state index is -0.584. The van der Waals surface area contributed by atoms with Crippen LogP contribution in [0, 0.1) is 11.6 Å². The number of hydrogen-bond acceptors (Lipinski definition) is 6. The molecule has 10 heteroatoms. The first-order valence-corrected chi connectivity index (χ1v) is 11.1. The van der Waals surface area contributed by atoms with Gasteiger partial charge in [-0.25, -0.2) is 23.7 Å². The average molecular weight is 463 g/mol. The molecule has 4 aromatic rings. The molecule has 0 saturated heterocycles. The zero-order chi connectivity index (χ0) is 23.7. The molecule has 174 valence electrons. The first-order valence-electron chi connectivity index (χ1n) is 11.1. The molecule has 1 aromatic carbocycles. The van der Waals surface area contributed by atoms with Crippen molar-refractivity contribution in [2.75, 3.05) is 10.6 Å². The van der Waals surface area contributed by atoms with Gasteiger partial charge in [0.05, 0.1) is 23.8 Å². The van der Waals surface area contributed by atoms with Crippen molar-refractivity contribution in [3.05, 3.63) is 72.2 Å². The number of nitrogens with zero attached hydrogens (tertiary/aromatic N) is 4. The third kappa shape index (κ3) is 4.58.